The van der Waals surface area contributed by atoms with Crippen LogP contribution in [0.5, 0.6) is 5.75 Å². The molecule has 148 valence electrons. The predicted molar refractivity (Wildman–Crippen MR) is 104 cm³/mol. The van der Waals surface area contributed by atoms with Crippen molar-refractivity contribution in [1.82, 2.24) is 25.2 Å². The fourth-order valence-corrected chi connectivity index (χ4v) is 3.43. The molecule has 0 spiro atoms. The smallest absolute Gasteiger partial charge is 0.251 e. The molecule has 0 saturated heterocycles. The van der Waals surface area contributed by atoms with Gasteiger partial charge in [0.2, 0.25) is 0 Å². The van der Waals surface area contributed by atoms with Crippen LogP contribution in [0.2, 0.25) is 0 Å². The van der Waals surface area contributed by atoms with E-state index in [1.807, 2.05) is 17.6 Å². The van der Waals surface area contributed by atoms with Gasteiger partial charge in [-0.05, 0) is 49.4 Å². The molecule has 0 radical (unpaired) electrons. The average molecular weight is 401 g/mol. The van der Waals surface area contributed by atoms with Crippen LogP contribution in [0.4, 0.5) is 0 Å². The second-order valence-corrected chi connectivity index (χ2v) is 7.18. The molecule has 0 aliphatic heterocycles. The van der Waals surface area contributed by atoms with Crippen molar-refractivity contribution in [3.63, 3.8) is 0 Å². The molecule has 1 aromatic carbocycles. The van der Waals surface area contributed by atoms with Gasteiger partial charge in [0.05, 0.1) is 13.7 Å². The number of ether oxygens (including phenoxy) is 1. The molecule has 3 aromatic rings. The average Bonchev–Trinajstić information content (AvgIpc) is 3.30. The van der Waals surface area contributed by atoms with Gasteiger partial charge in [-0.25, -0.2) is 0 Å². The molecule has 8 nitrogen and oxygen atoms in total. The summed E-state index contributed by atoms with van der Waals surface area (Å²) in [6.07, 6.45) is 2.03. The number of unbranched alkanes of at least 4 members (excludes halogenated alkanes) is 1. The Labute approximate surface area is 167 Å². The zero-order chi connectivity index (χ0) is 19.9. The van der Waals surface area contributed by atoms with Crippen molar-refractivity contribution in [2.24, 2.45) is 0 Å². The third-order valence-electron chi connectivity index (χ3n) is 4.09. The van der Waals surface area contributed by atoms with Gasteiger partial charge in [0.15, 0.2) is 11.0 Å². The van der Waals surface area contributed by atoms with Gasteiger partial charge in [-0.3, -0.25) is 4.79 Å². The molecule has 0 aliphatic carbocycles. The van der Waals surface area contributed by atoms with Crippen molar-refractivity contribution in [2.75, 3.05) is 7.11 Å². The Kier molecular flexibility index (Phi) is 6.70. The van der Waals surface area contributed by atoms with Crippen molar-refractivity contribution in [1.29, 1.82) is 0 Å². The quantitative estimate of drug-likeness (QED) is 0.586. The van der Waals surface area contributed by atoms with Gasteiger partial charge < -0.3 is 19.1 Å². The molecule has 1 amide bonds. The first-order valence-electron chi connectivity index (χ1n) is 9.06. The van der Waals surface area contributed by atoms with Crippen molar-refractivity contribution in [3.8, 4) is 5.75 Å². The Morgan fingerprint density at radius 2 is 2.07 bits per heavy atom. The summed E-state index contributed by atoms with van der Waals surface area (Å²) in [4.78, 5) is 12.4. The summed E-state index contributed by atoms with van der Waals surface area (Å²) in [5, 5.41) is 16.9. The number of hydrogen-bond acceptors (Lipinski definition) is 7. The summed E-state index contributed by atoms with van der Waals surface area (Å²) < 4.78 is 12.3. The third kappa shape index (κ3) is 4.92. The number of hydrogen-bond donors (Lipinski definition) is 1. The molecular weight excluding hydrogens is 378 g/mol. The number of rotatable bonds is 9. The van der Waals surface area contributed by atoms with Gasteiger partial charge in [0.25, 0.3) is 5.91 Å². The number of aromatic nitrogens is 4. The van der Waals surface area contributed by atoms with Gasteiger partial charge in [0.1, 0.15) is 16.5 Å². The highest BCUT2D eigenvalue weighted by molar-refractivity contribution is 7.99. The van der Waals surface area contributed by atoms with E-state index in [9.17, 15) is 4.79 Å². The predicted octanol–water partition coefficient (Wildman–Crippen LogP) is 3.46. The van der Waals surface area contributed by atoms with Crippen LogP contribution in [-0.2, 0) is 13.1 Å². The lowest BCUT2D eigenvalue weighted by atomic mass is 10.2. The second-order valence-electron chi connectivity index (χ2n) is 6.19. The number of carbonyl (C=O) groups is 1. The van der Waals surface area contributed by atoms with E-state index in [0.29, 0.717) is 23.7 Å². The molecule has 2 aromatic heterocycles. The normalized spacial score (nSPS) is 10.8. The van der Waals surface area contributed by atoms with Crippen LogP contribution in [0, 0.1) is 6.92 Å². The largest absolute Gasteiger partial charge is 0.497 e. The highest BCUT2D eigenvalue weighted by atomic mass is 32.2. The molecule has 0 saturated carbocycles. The monoisotopic (exact) mass is 401 g/mol. The van der Waals surface area contributed by atoms with Crippen molar-refractivity contribution >= 4 is 17.7 Å². The first-order valence-corrected chi connectivity index (χ1v) is 9.88. The van der Waals surface area contributed by atoms with Gasteiger partial charge in [-0.2, -0.15) is 0 Å². The lowest BCUT2D eigenvalue weighted by Crippen LogP contribution is -2.25. The second kappa shape index (κ2) is 9.41. The molecule has 9 heteroatoms. The number of nitrogens with zero attached hydrogens (tertiary/aromatic N) is 4. The van der Waals surface area contributed by atoms with Crippen LogP contribution < -0.4 is 10.1 Å². The number of methoxy groups -OCH3 is 1. The molecule has 28 heavy (non-hydrogen) atoms. The number of carbonyl (C=O) groups excluding carboxylic acids is 1. The zero-order valence-electron chi connectivity index (χ0n) is 16.1. The topological polar surface area (TPSA) is 95.1 Å². The maximum atomic E-state index is 12.4. The highest BCUT2D eigenvalue weighted by Crippen LogP contribution is 2.26. The number of nitrogens with one attached hydrogen (secondary N) is 1. The van der Waals surface area contributed by atoms with E-state index in [2.05, 4.69) is 27.6 Å². The van der Waals surface area contributed by atoms with Gasteiger partial charge in [0, 0.05) is 18.2 Å². The molecule has 0 unspecified atom stereocenters. The highest BCUT2D eigenvalue weighted by Gasteiger charge is 2.16. The van der Waals surface area contributed by atoms with Crippen LogP contribution in [0.15, 0.2) is 45.0 Å². The molecule has 0 aliphatic rings. The van der Waals surface area contributed by atoms with E-state index >= 15 is 0 Å². The van der Waals surface area contributed by atoms with E-state index in [0.717, 1.165) is 35.3 Å². The number of benzene rings is 1. The maximum Gasteiger partial charge on any atom is 0.251 e. The molecule has 2 heterocycles. The minimum Gasteiger partial charge on any atom is -0.497 e. The van der Waals surface area contributed by atoms with Crippen LogP contribution in [-0.4, -0.2) is 32.9 Å². The number of aryl methyl sites for hydroxylation is 1. The Morgan fingerprint density at radius 1 is 1.29 bits per heavy atom. The summed E-state index contributed by atoms with van der Waals surface area (Å²) in [6, 6.07) is 8.82. The standard InChI is InChI=1S/C19H23N5O3S/c1-4-5-10-24-16(21-22-19(24)28-17-11-13(2)27-23-17)12-20-18(25)14-6-8-15(26-3)9-7-14/h6-9,11H,4-5,10,12H2,1-3H3,(H,20,25). The summed E-state index contributed by atoms with van der Waals surface area (Å²) in [5.74, 6) is 1.99. The van der Waals surface area contributed by atoms with E-state index < -0.39 is 0 Å². The molecule has 1 N–H and O–H groups in total. The van der Waals surface area contributed by atoms with Crippen molar-refractivity contribution in [2.45, 2.75) is 50.0 Å². The van der Waals surface area contributed by atoms with E-state index in [4.69, 9.17) is 9.26 Å². The van der Waals surface area contributed by atoms with Gasteiger partial charge in [-0.1, -0.05) is 18.5 Å². The molecular formula is C19H23N5O3S. The zero-order valence-corrected chi connectivity index (χ0v) is 17.0. The Balaban J connectivity index is 1.70. The fourth-order valence-electron chi connectivity index (χ4n) is 2.56. The van der Waals surface area contributed by atoms with Crippen LogP contribution in [0.1, 0.15) is 41.7 Å². The molecule has 0 fully saturated rings. The Bertz CT molecular complexity index is 920. The summed E-state index contributed by atoms with van der Waals surface area (Å²) in [7, 11) is 1.59. The Morgan fingerprint density at radius 3 is 2.71 bits per heavy atom. The first-order chi connectivity index (χ1) is 13.6. The van der Waals surface area contributed by atoms with Crippen LogP contribution in [0.25, 0.3) is 0 Å². The maximum absolute atomic E-state index is 12.4. The first kappa shape index (κ1) is 19.9. The summed E-state index contributed by atoms with van der Waals surface area (Å²) >= 11 is 1.40. The molecule has 0 atom stereocenters. The van der Waals surface area contributed by atoms with Crippen LogP contribution in [0.3, 0.4) is 0 Å². The molecule has 0 bridgehead atoms. The number of amides is 1. The van der Waals surface area contributed by atoms with Crippen molar-refractivity contribution < 1.29 is 14.1 Å². The minimum atomic E-state index is -0.172. The third-order valence-corrected chi connectivity index (χ3v) is 4.98. The van der Waals surface area contributed by atoms with Crippen LogP contribution >= 0.6 is 11.8 Å². The summed E-state index contributed by atoms with van der Waals surface area (Å²) in [6.45, 7) is 5.04. The lowest BCUT2D eigenvalue weighted by Gasteiger charge is -2.10. The van der Waals surface area contributed by atoms with Crippen molar-refractivity contribution in [3.05, 3.63) is 47.5 Å². The summed E-state index contributed by atoms with van der Waals surface area (Å²) in [5.41, 5.74) is 0.563. The van der Waals surface area contributed by atoms with Gasteiger partial charge >= 0.3 is 0 Å². The molecule has 3 rings (SSSR count). The SMILES string of the molecule is CCCCn1c(CNC(=O)c2ccc(OC)cc2)nnc1Sc1cc(C)on1. The van der Waals surface area contributed by atoms with E-state index in [1.165, 1.54) is 11.8 Å². The Hall–Kier alpha value is -2.81. The van der Waals surface area contributed by atoms with Gasteiger partial charge in [-0.15, -0.1) is 10.2 Å². The lowest BCUT2D eigenvalue weighted by molar-refractivity contribution is 0.0949. The minimum absolute atomic E-state index is 0.172. The fraction of sp³-hybridized carbons (Fsp3) is 0.368. The van der Waals surface area contributed by atoms with E-state index in [1.54, 1.807) is 31.4 Å². The van der Waals surface area contributed by atoms with E-state index in [-0.39, 0.29) is 5.91 Å².